The second-order valence-corrected chi connectivity index (χ2v) is 7.78. The second kappa shape index (κ2) is 11.0. The maximum absolute atomic E-state index is 5.83. The van der Waals surface area contributed by atoms with Crippen molar-refractivity contribution in [1.29, 1.82) is 0 Å². The van der Waals surface area contributed by atoms with Gasteiger partial charge in [0.1, 0.15) is 24.7 Å². The summed E-state index contributed by atoms with van der Waals surface area (Å²) in [7, 11) is 1.97. The highest BCUT2D eigenvalue weighted by atomic mass is 16.5. The van der Waals surface area contributed by atoms with Crippen LogP contribution in [0.25, 0.3) is 0 Å². The molecule has 0 radical (unpaired) electrons. The SMILES string of the molecule is CCN1CCCC1CNC(=NCc1nnc(C)n1C)NCCOc1ccc(C)cc1. The Labute approximate surface area is 179 Å². The lowest BCUT2D eigenvalue weighted by molar-refractivity contribution is 0.266. The van der Waals surface area contributed by atoms with Crippen molar-refractivity contribution in [3.05, 3.63) is 41.5 Å². The second-order valence-electron chi connectivity index (χ2n) is 7.78. The number of nitrogens with zero attached hydrogens (tertiary/aromatic N) is 5. The summed E-state index contributed by atoms with van der Waals surface area (Å²) in [5.41, 5.74) is 1.23. The molecule has 164 valence electrons. The van der Waals surface area contributed by atoms with Crippen LogP contribution >= 0.6 is 0 Å². The highest BCUT2D eigenvalue weighted by Gasteiger charge is 2.22. The van der Waals surface area contributed by atoms with E-state index < -0.39 is 0 Å². The predicted octanol–water partition coefficient (Wildman–Crippen LogP) is 2.03. The quantitative estimate of drug-likeness (QED) is 0.372. The minimum atomic E-state index is 0.480. The van der Waals surface area contributed by atoms with Crippen LogP contribution < -0.4 is 15.4 Å². The highest BCUT2D eigenvalue weighted by molar-refractivity contribution is 5.79. The fraction of sp³-hybridized carbons (Fsp3) is 0.591. The third-order valence-corrected chi connectivity index (χ3v) is 5.66. The zero-order chi connectivity index (χ0) is 21.3. The standard InChI is InChI=1S/C22H35N7O/c1-5-29-13-6-7-19(29)15-24-22(25-16-21-27-26-18(3)28(21)4)23-12-14-30-20-10-8-17(2)9-11-20/h8-11,19H,5-7,12-16H2,1-4H3,(H2,23,24,25). The number of ether oxygens (including phenoxy) is 1. The monoisotopic (exact) mass is 413 g/mol. The first-order chi connectivity index (χ1) is 14.6. The Bertz CT molecular complexity index is 815. The van der Waals surface area contributed by atoms with Gasteiger partial charge in [-0.15, -0.1) is 10.2 Å². The van der Waals surface area contributed by atoms with Gasteiger partial charge in [0.25, 0.3) is 0 Å². The van der Waals surface area contributed by atoms with Gasteiger partial charge in [-0.1, -0.05) is 24.6 Å². The first kappa shape index (κ1) is 22.1. The van der Waals surface area contributed by atoms with Crippen molar-refractivity contribution in [3.8, 4) is 5.75 Å². The van der Waals surface area contributed by atoms with Crippen LogP contribution in [-0.4, -0.2) is 64.5 Å². The molecule has 1 aromatic carbocycles. The molecule has 1 unspecified atom stereocenters. The van der Waals surface area contributed by atoms with E-state index in [4.69, 9.17) is 9.73 Å². The van der Waals surface area contributed by atoms with Crippen molar-refractivity contribution in [2.24, 2.45) is 12.0 Å². The Morgan fingerprint density at radius 1 is 1.20 bits per heavy atom. The molecule has 0 bridgehead atoms. The van der Waals surface area contributed by atoms with Gasteiger partial charge in [0.05, 0.1) is 6.54 Å². The van der Waals surface area contributed by atoms with Crippen molar-refractivity contribution in [2.75, 3.05) is 32.8 Å². The largest absolute Gasteiger partial charge is 0.492 e. The van der Waals surface area contributed by atoms with Gasteiger partial charge in [-0.2, -0.15) is 0 Å². The minimum absolute atomic E-state index is 0.480. The Morgan fingerprint density at radius 3 is 2.70 bits per heavy atom. The number of aryl methyl sites for hydroxylation is 2. The van der Waals surface area contributed by atoms with Crippen molar-refractivity contribution in [3.63, 3.8) is 0 Å². The third-order valence-electron chi connectivity index (χ3n) is 5.66. The van der Waals surface area contributed by atoms with Crippen LogP contribution in [0.15, 0.2) is 29.3 Å². The predicted molar refractivity (Wildman–Crippen MR) is 120 cm³/mol. The first-order valence-corrected chi connectivity index (χ1v) is 10.9. The lowest BCUT2D eigenvalue weighted by Crippen LogP contribution is -2.45. The number of rotatable bonds is 9. The fourth-order valence-electron chi connectivity index (χ4n) is 3.64. The van der Waals surface area contributed by atoms with E-state index in [0.29, 0.717) is 25.7 Å². The summed E-state index contributed by atoms with van der Waals surface area (Å²) >= 11 is 0. The zero-order valence-corrected chi connectivity index (χ0v) is 18.7. The van der Waals surface area contributed by atoms with Crippen LogP contribution in [0.2, 0.25) is 0 Å². The molecule has 1 saturated heterocycles. The summed E-state index contributed by atoms with van der Waals surface area (Å²) in [5.74, 6) is 3.40. The van der Waals surface area contributed by atoms with Gasteiger partial charge in [0.2, 0.25) is 0 Å². The van der Waals surface area contributed by atoms with Crippen LogP contribution in [0.4, 0.5) is 0 Å². The lowest BCUT2D eigenvalue weighted by Gasteiger charge is -2.24. The molecule has 2 N–H and O–H groups in total. The third kappa shape index (κ3) is 6.19. The van der Waals surface area contributed by atoms with Gasteiger partial charge < -0.3 is 19.9 Å². The Kier molecular flexibility index (Phi) is 8.07. The Hall–Kier alpha value is -2.61. The summed E-state index contributed by atoms with van der Waals surface area (Å²) < 4.78 is 7.80. The highest BCUT2D eigenvalue weighted by Crippen LogP contribution is 2.15. The first-order valence-electron chi connectivity index (χ1n) is 10.9. The van der Waals surface area contributed by atoms with E-state index in [-0.39, 0.29) is 0 Å². The number of likely N-dealkylation sites (N-methyl/N-ethyl adjacent to an activating group) is 1. The summed E-state index contributed by atoms with van der Waals surface area (Å²) in [5, 5.41) is 15.2. The summed E-state index contributed by atoms with van der Waals surface area (Å²) in [6.07, 6.45) is 2.50. The number of aliphatic imine (C=N–C) groups is 1. The summed E-state index contributed by atoms with van der Waals surface area (Å²) in [6, 6.07) is 8.67. The van der Waals surface area contributed by atoms with Crippen molar-refractivity contribution in [2.45, 2.75) is 46.2 Å². The molecule has 1 aliphatic rings. The fourth-order valence-corrected chi connectivity index (χ4v) is 3.64. The molecule has 2 heterocycles. The normalized spacial score (nSPS) is 17.3. The number of likely N-dealkylation sites (tertiary alicyclic amines) is 1. The molecule has 1 aliphatic heterocycles. The van der Waals surface area contributed by atoms with E-state index in [9.17, 15) is 0 Å². The van der Waals surface area contributed by atoms with Gasteiger partial charge in [-0.3, -0.25) is 4.90 Å². The van der Waals surface area contributed by atoms with Gasteiger partial charge in [0.15, 0.2) is 11.8 Å². The summed E-state index contributed by atoms with van der Waals surface area (Å²) in [6.45, 7) is 11.1. The number of guanidine groups is 1. The van der Waals surface area contributed by atoms with Crippen molar-refractivity contribution < 1.29 is 4.74 Å². The molecule has 1 fully saturated rings. The number of hydrogen-bond acceptors (Lipinski definition) is 5. The molecule has 0 saturated carbocycles. The molecular formula is C22H35N7O. The molecule has 0 aliphatic carbocycles. The molecule has 3 rings (SSSR count). The van der Waals surface area contributed by atoms with Crippen LogP contribution in [0, 0.1) is 13.8 Å². The van der Waals surface area contributed by atoms with E-state index in [1.165, 1.54) is 24.9 Å². The molecule has 2 aromatic rings. The minimum Gasteiger partial charge on any atom is -0.492 e. The van der Waals surface area contributed by atoms with Gasteiger partial charge in [-0.05, 0) is 51.9 Å². The number of benzene rings is 1. The zero-order valence-electron chi connectivity index (χ0n) is 18.7. The molecule has 8 heteroatoms. The number of nitrogens with one attached hydrogen (secondary N) is 2. The van der Waals surface area contributed by atoms with E-state index in [2.05, 4.69) is 51.7 Å². The van der Waals surface area contributed by atoms with Crippen molar-refractivity contribution >= 4 is 5.96 Å². The molecule has 8 nitrogen and oxygen atoms in total. The number of hydrogen-bond donors (Lipinski definition) is 2. The maximum Gasteiger partial charge on any atom is 0.191 e. The molecular weight excluding hydrogens is 378 g/mol. The van der Waals surface area contributed by atoms with Crippen LogP contribution in [0.1, 0.15) is 37.0 Å². The van der Waals surface area contributed by atoms with E-state index in [0.717, 1.165) is 36.4 Å². The van der Waals surface area contributed by atoms with E-state index >= 15 is 0 Å². The lowest BCUT2D eigenvalue weighted by atomic mass is 10.2. The topological polar surface area (TPSA) is 79.6 Å². The molecule has 1 aromatic heterocycles. The van der Waals surface area contributed by atoms with E-state index in [1.54, 1.807) is 0 Å². The Balaban J connectivity index is 1.54. The van der Waals surface area contributed by atoms with Gasteiger partial charge in [-0.25, -0.2) is 4.99 Å². The average molecular weight is 414 g/mol. The Morgan fingerprint density at radius 2 is 2.00 bits per heavy atom. The molecule has 1 atom stereocenters. The number of aromatic nitrogens is 3. The average Bonchev–Trinajstić information content (AvgIpc) is 3.34. The molecule has 30 heavy (non-hydrogen) atoms. The van der Waals surface area contributed by atoms with Crippen LogP contribution in [0.3, 0.4) is 0 Å². The van der Waals surface area contributed by atoms with Gasteiger partial charge >= 0.3 is 0 Å². The maximum atomic E-state index is 5.83. The smallest absolute Gasteiger partial charge is 0.191 e. The molecule has 0 spiro atoms. The van der Waals surface area contributed by atoms with E-state index in [1.807, 2.05) is 30.7 Å². The molecule has 0 amide bonds. The summed E-state index contributed by atoms with van der Waals surface area (Å²) in [4.78, 5) is 7.26. The van der Waals surface area contributed by atoms with Crippen LogP contribution in [-0.2, 0) is 13.6 Å². The van der Waals surface area contributed by atoms with Crippen LogP contribution in [0.5, 0.6) is 5.75 Å². The van der Waals surface area contributed by atoms with Crippen molar-refractivity contribution in [1.82, 2.24) is 30.3 Å². The van der Waals surface area contributed by atoms with Gasteiger partial charge in [0, 0.05) is 19.6 Å².